The summed E-state index contributed by atoms with van der Waals surface area (Å²) in [6, 6.07) is 14.7. The molecule has 2 aromatic rings. The van der Waals surface area contributed by atoms with Gasteiger partial charge in [-0.25, -0.2) is 8.42 Å². The van der Waals surface area contributed by atoms with E-state index in [-0.39, 0.29) is 12.0 Å². The highest BCUT2D eigenvalue weighted by molar-refractivity contribution is 7.92. The molecular formula is C26H31N3O3S. The predicted molar refractivity (Wildman–Crippen MR) is 133 cm³/mol. The zero-order chi connectivity index (χ0) is 23.0. The second kappa shape index (κ2) is 8.88. The monoisotopic (exact) mass is 465 g/mol. The number of hydrogen-bond donors (Lipinski definition) is 0. The molecule has 1 fully saturated rings. The van der Waals surface area contributed by atoms with Gasteiger partial charge in [0.2, 0.25) is 0 Å². The Morgan fingerprint density at radius 1 is 1.03 bits per heavy atom. The van der Waals surface area contributed by atoms with Crippen LogP contribution in [0.4, 0.5) is 11.4 Å². The Balaban J connectivity index is 1.55. The molecule has 2 aromatic carbocycles. The Morgan fingerprint density at radius 3 is 2.58 bits per heavy atom. The second-order valence-electron chi connectivity index (χ2n) is 9.16. The first-order valence-corrected chi connectivity index (χ1v) is 13.0. The summed E-state index contributed by atoms with van der Waals surface area (Å²) in [6.45, 7) is 5.48. The lowest BCUT2D eigenvalue weighted by molar-refractivity contribution is 0.247. The number of anilines is 2. The van der Waals surface area contributed by atoms with Crippen LogP contribution in [0.3, 0.4) is 0 Å². The fourth-order valence-corrected chi connectivity index (χ4v) is 6.83. The van der Waals surface area contributed by atoms with Crippen molar-refractivity contribution in [1.29, 1.82) is 0 Å². The molecule has 174 valence electrons. The van der Waals surface area contributed by atoms with Crippen molar-refractivity contribution in [3.8, 4) is 5.75 Å². The lowest BCUT2D eigenvalue weighted by atomic mass is 9.92. The van der Waals surface area contributed by atoms with Gasteiger partial charge in [-0.1, -0.05) is 42.5 Å². The molecule has 1 aliphatic carbocycles. The molecule has 0 radical (unpaired) electrons. The summed E-state index contributed by atoms with van der Waals surface area (Å²) in [5.41, 5.74) is 1.69. The first-order chi connectivity index (χ1) is 15.9. The van der Waals surface area contributed by atoms with Crippen LogP contribution in [0.25, 0.3) is 0 Å². The average Bonchev–Trinajstić information content (AvgIpc) is 2.84. The molecule has 33 heavy (non-hydrogen) atoms. The van der Waals surface area contributed by atoms with E-state index >= 15 is 0 Å². The van der Waals surface area contributed by atoms with Crippen molar-refractivity contribution in [2.24, 2.45) is 5.92 Å². The number of benzene rings is 2. The van der Waals surface area contributed by atoms with E-state index in [9.17, 15) is 8.42 Å². The molecule has 3 aliphatic rings. The summed E-state index contributed by atoms with van der Waals surface area (Å²) < 4.78 is 35.6. The first kappa shape index (κ1) is 22.0. The maximum absolute atomic E-state index is 13.9. The Morgan fingerprint density at radius 2 is 1.85 bits per heavy atom. The van der Waals surface area contributed by atoms with E-state index < -0.39 is 10.0 Å². The van der Waals surface area contributed by atoms with Gasteiger partial charge in [0.15, 0.2) is 0 Å². The fourth-order valence-electron chi connectivity index (χ4n) is 5.12. The number of ether oxygens (including phenoxy) is 1. The van der Waals surface area contributed by atoms with Crippen molar-refractivity contribution in [2.45, 2.75) is 30.3 Å². The SMILES string of the molecule is C[C@@H]1CN(C)CCN1c1ccc2c(c1)OC[C@@H](C1C=CC=CC1)N2S(=O)(=O)c1ccccc1. The molecule has 7 heteroatoms. The maximum atomic E-state index is 13.9. The molecule has 0 N–H and O–H groups in total. The molecule has 0 amide bonds. The number of sulfonamides is 1. The summed E-state index contributed by atoms with van der Waals surface area (Å²) in [5.74, 6) is 0.684. The molecule has 1 saturated heterocycles. The van der Waals surface area contributed by atoms with Crippen LogP contribution in [0, 0.1) is 5.92 Å². The molecule has 2 aliphatic heterocycles. The second-order valence-corrected chi connectivity index (χ2v) is 11.0. The van der Waals surface area contributed by atoms with E-state index in [0.717, 1.165) is 31.7 Å². The van der Waals surface area contributed by atoms with Crippen LogP contribution in [0.5, 0.6) is 5.75 Å². The number of rotatable bonds is 4. The predicted octanol–water partition coefficient (Wildman–Crippen LogP) is 3.92. The van der Waals surface area contributed by atoms with Crippen molar-refractivity contribution in [2.75, 3.05) is 42.5 Å². The summed E-state index contributed by atoms with van der Waals surface area (Å²) >= 11 is 0. The van der Waals surface area contributed by atoms with E-state index in [2.05, 4.69) is 35.9 Å². The van der Waals surface area contributed by atoms with Gasteiger partial charge in [-0.15, -0.1) is 0 Å². The average molecular weight is 466 g/mol. The number of likely N-dealkylation sites (N-methyl/N-ethyl adjacent to an activating group) is 1. The Labute approximate surface area is 196 Å². The zero-order valence-electron chi connectivity index (χ0n) is 19.2. The van der Waals surface area contributed by atoms with E-state index in [4.69, 9.17) is 4.74 Å². The van der Waals surface area contributed by atoms with Crippen LogP contribution in [0.15, 0.2) is 77.7 Å². The van der Waals surface area contributed by atoms with Crippen molar-refractivity contribution in [3.05, 3.63) is 72.8 Å². The third kappa shape index (κ3) is 4.15. The van der Waals surface area contributed by atoms with Crippen LogP contribution in [0.1, 0.15) is 13.3 Å². The number of nitrogens with zero attached hydrogens (tertiary/aromatic N) is 3. The smallest absolute Gasteiger partial charge is 0.264 e. The quantitative estimate of drug-likeness (QED) is 0.685. The maximum Gasteiger partial charge on any atom is 0.264 e. The zero-order valence-corrected chi connectivity index (χ0v) is 20.0. The van der Waals surface area contributed by atoms with Gasteiger partial charge < -0.3 is 14.5 Å². The summed E-state index contributed by atoms with van der Waals surface area (Å²) in [5, 5.41) is 0. The van der Waals surface area contributed by atoms with Gasteiger partial charge >= 0.3 is 0 Å². The molecule has 0 aromatic heterocycles. The molecule has 1 unspecified atom stereocenters. The third-order valence-electron chi connectivity index (χ3n) is 6.86. The van der Waals surface area contributed by atoms with E-state index in [1.165, 1.54) is 0 Å². The van der Waals surface area contributed by atoms with E-state index in [1.807, 2.05) is 36.4 Å². The number of hydrogen-bond acceptors (Lipinski definition) is 5. The lowest BCUT2D eigenvalue weighted by Crippen LogP contribution is -2.51. The molecule has 2 heterocycles. The highest BCUT2D eigenvalue weighted by atomic mass is 32.2. The number of piperazine rings is 1. The minimum absolute atomic E-state index is 0.0546. The van der Waals surface area contributed by atoms with Crippen LogP contribution in [0.2, 0.25) is 0 Å². The van der Waals surface area contributed by atoms with Crippen molar-refractivity contribution in [1.82, 2.24) is 4.90 Å². The Bertz CT molecular complexity index is 1160. The fraction of sp³-hybridized carbons (Fsp3) is 0.385. The Hall–Kier alpha value is -2.77. The van der Waals surface area contributed by atoms with Crippen molar-refractivity contribution < 1.29 is 13.2 Å². The minimum Gasteiger partial charge on any atom is -0.489 e. The molecular weight excluding hydrogens is 434 g/mol. The summed E-state index contributed by atoms with van der Waals surface area (Å²) in [7, 11) is -1.61. The van der Waals surface area contributed by atoms with Gasteiger partial charge in [-0.2, -0.15) is 0 Å². The highest BCUT2D eigenvalue weighted by Gasteiger charge is 2.40. The number of fused-ring (bicyclic) bond motifs is 1. The van der Waals surface area contributed by atoms with Gasteiger partial charge in [0.1, 0.15) is 12.4 Å². The highest BCUT2D eigenvalue weighted by Crippen LogP contribution is 2.43. The first-order valence-electron chi connectivity index (χ1n) is 11.6. The van der Waals surface area contributed by atoms with E-state index in [1.54, 1.807) is 28.6 Å². The molecule has 3 atom stereocenters. The Kier molecular flexibility index (Phi) is 5.93. The van der Waals surface area contributed by atoms with Crippen LogP contribution < -0.4 is 13.9 Å². The minimum atomic E-state index is -3.75. The summed E-state index contributed by atoms with van der Waals surface area (Å²) in [6.07, 6.45) is 8.97. The van der Waals surface area contributed by atoms with Crippen LogP contribution in [-0.2, 0) is 10.0 Å². The largest absolute Gasteiger partial charge is 0.489 e. The standard InChI is InChI=1S/C26H31N3O3S/c1-20-18-27(2)15-16-28(20)22-13-14-24-26(17-22)32-19-25(21-9-5-3-6-10-21)29(24)33(30,31)23-11-7-4-8-12-23/h3-9,11-14,17,20-21,25H,10,15-16,18-19H2,1-2H3/t20-,21?,25+/m1/s1. The van der Waals surface area contributed by atoms with Gasteiger partial charge in [-0.05, 0) is 44.7 Å². The van der Waals surface area contributed by atoms with Gasteiger partial charge in [-0.3, -0.25) is 4.31 Å². The van der Waals surface area contributed by atoms with Crippen molar-refractivity contribution in [3.63, 3.8) is 0 Å². The third-order valence-corrected chi connectivity index (χ3v) is 8.72. The van der Waals surface area contributed by atoms with Crippen molar-refractivity contribution >= 4 is 21.4 Å². The molecule has 0 saturated carbocycles. The van der Waals surface area contributed by atoms with Gasteiger partial charge in [0, 0.05) is 43.3 Å². The molecule has 0 spiro atoms. The number of allylic oxidation sites excluding steroid dienone is 3. The molecule has 5 rings (SSSR count). The van der Waals surface area contributed by atoms with Gasteiger partial charge in [0.05, 0.1) is 16.6 Å². The molecule has 6 nitrogen and oxygen atoms in total. The normalized spacial score (nSPS) is 25.6. The van der Waals surface area contributed by atoms with Crippen LogP contribution >= 0.6 is 0 Å². The van der Waals surface area contributed by atoms with E-state index in [0.29, 0.717) is 29.0 Å². The lowest BCUT2D eigenvalue weighted by Gasteiger charge is -2.42. The summed E-state index contributed by atoms with van der Waals surface area (Å²) in [4.78, 5) is 5.01. The van der Waals surface area contributed by atoms with Crippen LogP contribution in [-0.4, -0.2) is 58.7 Å². The molecule has 0 bridgehead atoms. The topological polar surface area (TPSA) is 53.1 Å². The van der Waals surface area contributed by atoms with Gasteiger partial charge in [0.25, 0.3) is 10.0 Å².